The fraction of sp³-hybridized carbons (Fsp3) is 0.600. The van der Waals surface area contributed by atoms with Crippen molar-refractivity contribution in [1.82, 2.24) is 0 Å². The van der Waals surface area contributed by atoms with Crippen LogP contribution >= 0.6 is 0 Å². The summed E-state index contributed by atoms with van der Waals surface area (Å²) in [6.07, 6.45) is 5.79. The maximum Gasteiger partial charge on any atom is -0.00836 e. The molecule has 0 saturated heterocycles. The van der Waals surface area contributed by atoms with Crippen molar-refractivity contribution in [2.24, 2.45) is 17.3 Å². The van der Waals surface area contributed by atoms with Gasteiger partial charge >= 0.3 is 0 Å². The smallest absolute Gasteiger partial charge is 0.00836 e. The Labute approximate surface area is 94.8 Å². The van der Waals surface area contributed by atoms with Crippen LogP contribution in [0.1, 0.15) is 40.0 Å². The molecule has 0 aromatic carbocycles. The molecule has 84 valence electrons. The first-order chi connectivity index (χ1) is 6.90. The van der Waals surface area contributed by atoms with E-state index in [0.29, 0.717) is 11.8 Å². The fourth-order valence-electron chi connectivity index (χ4n) is 2.79. The second-order valence-corrected chi connectivity index (χ2v) is 5.43. The van der Waals surface area contributed by atoms with Gasteiger partial charge in [0.05, 0.1) is 0 Å². The number of rotatable bonds is 3. The van der Waals surface area contributed by atoms with E-state index in [9.17, 15) is 0 Å². The van der Waals surface area contributed by atoms with Crippen LogP contribution in [-0.4, -0.2) is 0 Å². The van der Waals surface area contributed by atoms with Crippen LogP contribution in [0.25, 0.3) is 0 Å². The van der Waals surface area contributed by atoms with Crippen LogP contribution in [-0.2, 0) is 0 Å². The summed E-state index contributed by atoms with van der Waals surface area (Å²) in [7, 11) is 0. The van der Waals surface area contributed by atoms with E-state index >= 15 is 0 Å². The first-order valence-corrected chi connectivity index (χ1v) is 5.85. The first kappa shape index (κ1) is 12.3. The van der Waals surface area contributed by atoms with E-state index in [4.69, 9.17) is 0 Å². The van der Waals surface area contributed by atoms with Crippen LogP contribution in [0.15, 0.2) is 37.0 Å². The second kappa shape index (κ2) is 4.38. The van der Waals surface area contributed by atoms with Crippen LogP contribution in [0.4, 0.5) is 0 Å². The quantitative estimate of drug-likeness (QED) is 0.582. The molecule has 0 aliphatic heterocycles. The van der Waals surface area contributed by atoms with Crippen LogP contribution in [0.2, 0.25) is 0 Å². The molecule has 0 aromatic heterocycles. The van der Waals surface area contributed by atoms with Gasteiger partial charge < -0.3 is 0 Å². The highest BCUT2D eigenvalue weighted by atomic mass is 14.4. The Bertz CT molecular complexity index is 284. The molecular formula is C15H24. The minimum atomic E-state index is 0.248. The molecule has 0 N–H and O–H groups in total. The summed E-state index contributed by atoms with van der Waals surface area (Å²) in [6, 6.07) is 0. The number of hydrogen-bond donors (Lipinski definition) is 0. The van der Waals surface area contributed by atoms with Gasteiger partial charge in [0.25, 0.3) is 0 Å². The molecule has 0 spiro atoms. The summed E-state index contributed by atoms with van der Waals surface area (Å²) in [5.41, 5.74) is 2.87. The van der Waals surface area contributed by atoms with E-state index in [-0.39, 0.29) is 5.41 Å². The van der Waals surface area contributed by atoms with E-state index in [2.05, 4.69) is 46.6 Å². The summed E-state index contributed by atoms with van der Waals surface area (Å²) in [6.45, 7) is 18.8. The standard InChI is InChI=1S/C15H24/c1-7-15(6)9-8-13(11(2)3)10-14(15)12(4)5/h7,13-14H,1-2,4,8-10H2,3,5-6H3/t13-,14?,15?/m1/s1. The maximum absolute atomic E-state index is 4.14. The lowest BCUT2D eigenvalue weighted by atomic mass is 9.61. The summed E-state index contributed by atoms with van der Waals surface area (Å²) in [4.78, 5) is 0. The Hall–Kier alpha value is -0.780. The Morgan fingerprint density at radius 3 is 2.27 bits per heavy atom. The Morgan fingerprint density at radius 1 is 1.27 bits per heavy atom. The lowest BCUT2D eigenvalue weighted by Crippen LogP contribution is -2.33. The Morgan fingerprint density at radius 2 is 1.87 bits per heavy atom. The lowest BCUT2D eigenvalue weighted by molar-refractivity contribution is 0.170. The van der Waals surface area contributed by atoms with E-state index in [1.807, 2.05) is 0 Å². The molecule has 1 aliphatic rings. The monoisotopic (exact) mass is 204 g/mol. The summed E-state index contributed by atoms with van der Waals surface area (Å²) in [5.74, 6) is 1.25. The van der Waals surface area contributed by atoms with Gasteiger partial charge in [-0.15, -0.1) is 6.58 Å². The molecule has 0 heterocycles. The SMILES string of the molecule is C=CC1(C)CC[C@@H](C(=C)C)CC1C(=C)C. The molecule has 15 heavy (non-hydrogen) atoms. The average Bonchev–Trinajstić information content (AvgIpc) is 2.17. The van der Waals surface area contributed by atoms with Crippen molar-refractivity contribution < 1.29 is 0 Å². The zero-order valence-corrected chi connectivity index (χ0v) is 10.5. The third-order valence-corrected chi connectivity index (χ3v) is 4.11. The fourth-order valence-corrected chi connectivity index (χ4v) is 2.79. The van der Waals surface area contributed by atoms with Crippen molar-refractivity contribution in [3.63, 3.8) is 0 Å². The molecule has 1 saturated carbocycles. The van der Waals surface area contributed by atoms with Gasteiger partial charge in [-0.1, -0.05) is 37.3 Å². The van der Waals surface area contributed by atoms with Crippen molar-refractivity contribution in [2.45, 2.75) is 40.0 Å². The summed E-state index contributed by atoms with van der Waals surface area (Å²) >= 11 is 0. The molecule has 0 amide bonds. The molecule has 0 aromatic rings. The third-order valence-electron chi connectivity index (χ3n) is 4.11. The maximum atomic E-state index is 4.14. The van der Waals surface area contributed by atoms with Crippen LogP contribution in [0, 0.1) is 17.3 Å². The zero-order chi connectivity index (χ0) is 11.6. The van der Waals surface area contributed by atoms with Gasteiger partial charge in [-0.2, -0.15) is 0 Å². The van der Waals surface area contributed by atoms with Crippen LogP contribution in [0.3, 0.4) is 0 Å². The van der Waals surface area contributed by atoms with E-state index in [1.165, 1.54) is 30.4 Å². The second-order valence-electron chi connectivity index (χ2n) is 5.43. The van der Waals surface area contributed by atoms with Crippen molar-refractivity contribution >= 4 is 0 Å². The highest BCUT2D eigenvalue weighted by Gasteiger charge is 2.38. The highest BCUT2D eigenvalue weighted by Crippen LogP contribution is 2.48. The van der Waals surface area contributed by atoms with Gasteiger partial charge in [0, 0.05) is 0 Å². The van der Waals surface area contributed by atoms with Gasteiger partial charge in [-0.3, -0.25) is 0 Å². The van der Waals surface area contributed by atoms with Gasteiger partial charge in [-0.05, 0) is 50.4 Å². The molecular weight excluding hydrogens is 180 g/mol. The topological polar surface area (TPSA) is 0 Å². The summed E-state index contributed by atoms with van der Waals surface area (Å²) < 4.78 is 0. The van der Waals surface area contributed by atoms with Crippen molar-refractivity contribution in [3.8, 4) is 0 Å². The van der Waals surface area contributed by atoms with Gasteiger partial charge in [-0.25, -0.2) is 0 Å². The molecule has 1 rings (SSSR count). The average molecular weight is 204 g/mol. The van der Waals surface area contributed by atoms with E-state index < -0.39 is 0 Å². The first-order valence-electron chi connectivity index (χ1n) is 5.85. The normalized spacial score (nSPS) is 35.9. The molecule has 0 nitrogen and oxygen atoms in total. The van der Waals surface area contributed by atoms with Crippen molar-refractivity contribution in [3.05, 3.63) is 37.0 Å². The minimum Gasteiger partial charge on any atom is -0.103 e. The lowest BCUT2D eigenvalue weighted by Gasteiger charge is -2.43. The highest BCUT2D eigenvalue weighted by molar-refractivity contribution is 5.15. The minimum absolute atomic E-state index is 0.248. The molecule has 0 bridgehead atoms. The Balaban J connectivity index is 2.88. The van der Waals surface area contributed by atoms with Crippen molar-refractivity contribution in [1.29, 1.82) is 0 Å². The molecule has 0 heteroatoms. The predicted octanol–water partition coefficient (Wildman–Crippen LogP) is 4.75. The van der Waals surface area contributed by atoms with Crippen molar-refractivity contribution in [2.75, 3.05) is 0 Å². The molecule has 1 fully saturated rings. The molecule has 3 atom stereocenters. The summed E-state index contributed by atoms with van der Waals surface area (Å²) in [5, 5.41) is 0. The predicted molar refractivity (Wildman–Crippen MR) is 68.8 cm³/mol. The largest absolute Gasteiger partial charge is 0.103 e. The number of hydrogen-bond acceptors (Lipinski definition) is 0. The molecule has 0 radical (unpaired) electrons. The van der Waals surface area contributed by atoms with E-state index in [0.717, 1.165) is 0 Å². The van der Waals surface area contributed by atoms with Crippen LogP contribution < -0.4 is 0 Å². The molecule has 1 aliphatic carbocycles. The van der Waals surface area contributed by atoms with E-state index in [1.54, 1.807) is 0 Å². The number of allylic oxidation sites excluding steroid dienone is 3. The van der Waals surface area contributed by atoms with Gasteiger partial charge in [0.1, 0.15) is 0 Å². The third kappa shape index (κ3) is 2.42. The zero-order valence-electron chi connectivity index (χ0n) is 10.5. The van der Waals surface area contributed by atoms with Gasteiger partial charge in [0.2, 0.25) is 0 Å². The Kier molecular flexibility index (Phi) is 3.59. The molecule has 2 unspecified atom stereocenters. The van der Waals surface area contributed by atoms with Gasteiger partial charge in [0.15, 0.2) is 0 Å². The van der Waals surface area contributed by atoms with Crippen LogP contribution in [0.5, 0.6) is 0 Å².